The van der Waals surface area contributed by atoms with E-state index in [4.69, 9.17) is 16.3 Å². The quantitative estimate of drug-likeness (QED) is 0.727. The maximum atomic E-state index is 11.9. The van der Waals surface area contributed by atoms with E-state index in [0.717, 1.165) is 17.0 Å². The molecule has 0 saturated heterocycles. The van der Waals surface area contributed by atoms with Crippen molar-refractivity contribution in [2.45, 2.75) is 6.54 Å². The van der Waals surface area contributed by atoms with E-state index in [0.29, 0.717) is 18.2 Å². The van der Waals surface area contributed by atoms with Crippen molar-refractivity contribution in [1.82, 2.24) is 5.32 Å². The van der Waals surface area contributed by atoms with Crippen LogP contribution in [-0.2, 0) is 11.3 Å². The number of benzene rings is 2. The maximum absolute atomic E-state index is 11.9. The third-order valence-electron chi connectivity index (χ3n) is 3.09. The first kappa shape index (κ1) is 16.9. The van der Waals surface area contributed by atoms with Crippen molar-refractivity contribution >= 4 is 23.2 Å². The highest BCUT2D eigenvalue weighted by atomic mass is 35.5. The van der Waals surface area contributed by atoms with Crippen molar-refractivity contribution in [3.63, 3.8) is 0 Å². The molecular weight excluding hydrogens is 312 g/mol. The van der Waals surface area contributed by atoms with Gasteiger partial charge in [0.05, 0.1) is 6.54 Å². The number of rotatable bonds is 8. The van der Waals surface area contributed by atoms with E-state index in [2.05, 4.69) is 17.2 Å². The first-order chi connectivity index (χ1) is 11.2. The molecule has 2 N–H and O–H groups in total. The zero-order chi connectivity index (χ0) is 16.5. The summed E-state index contributed by atoms with van der Waals surface area (Å²) in [5.74, 6) is 0.619. The second-order valence-electron chi connectivity index (χ2n) is 4.85. The van der Waals surface area contributed by atoms with E-state index >= 15 is 0 Å². The van der Waals surface area contributed by atoms with Gasteiger partial charge in [-0.25, -0.2) is 0 Å². The largest absolute Gasteiger partial charge is 0.489 e. The molecule has 0 unspecified atom stereocenters. The van der Waals surface area contributed by atoms with Crippen LogP contribution in [-0.4, -0.2) is 19.1 Å². The fourth-order valence-electron chi connectivity index (χ4n) is 1.93. The lowest BCUT2D eigenvalue weighted by Gasteiger charge is -2.10. The molecule has 2 aromatic rings. The molecule has 0 radical (unpaired) electrons. The molecule has 120 valence electrons. The lowest BCUT2D eigenvalue weighted by molar-refractivity contribution is -0.119. The minimum absolute atomic E-state index is 0.109. The molecule has 4 nitrogen and oxygen atoms in total. The van der Waals surface area contributed by atoms with E-state index in [1.54, 1.807) is 12.1 Å². The number of ether oxygens (including phenoxy) is 1. The predicted octanol–water partition coefficient (Wildman–Crippen LogP) is 3.63. The number of anilines is 1. The average molecular weight is 331 g/mol. The Morgan fingerprint density at radius 2 is 2.04 bits per heavy atom. The Morgan fingerprint density at radius 1 is 1.22 bits per heavy atom. The normalized spacial score (nSPS) is 9.96. The molecular formula is C18H19ClN2O2. The monoisotopic (exact) mass is 330 g/mol. The van der Waals surface area contributed by atoms with Gasteiger partial charge in [0.1, 0.15) is 12.4 Å². The molecule has 0 heterocycles. The summed E-state index contributed by atoms with van der Waals surface area (Å²) >= 11 is 6.05. The molecule has 0 bridgehead atoms. The highest BCUT2D eigenvalue weighted by Gasteiger charge is 2.04. The Kier molecular flexibility index (Phi) is 6.51. The van der Waals surface area contributed by atoms with Crippen molar-refractivity contribution < 1.29 is 9.53 Å². The molecule has 0 spiro atoms. The van der Waals surface area contributed by atoms with Gasteiger partial charge in [-0.05, 0) is 23.8 Å². The summed E-state index contributed by atoms with van der Waals surface area (Å²) in [5.41, 5.74) is 1.71. The Morgan fingerprint density at radius 3 is 2.83 bits per heavy atom. The predicted molar refractivity (Wildman–Crippen MR) is 93.9 cm³/mol. The van der Waals surface area contributed by atoms with Gasteiger partial charge in [0.25, 0.3) is 0 Å². The number of carbonyl (C=O) groups excluding carboxylic acids is 1. The van der Waals surface area contributed by atoms with Gasteiger partial charge in [-0.1, -0.05) is 48.5 Å². The Labute approximate surface area is 141 Å². The van der Waals surface area contributed by atoms with Crippen molar-refractivity contribution in [3.8, 4) is 5.75 Å². The lowest BCUT2D eigenvalue weighted by atomic mass is 10.2. The molecule has 1 amide bonds. The summed E-state index contributed by atoms with van der Waals surface area (Å²) in [4.78, 5) is 11.9. The molecule has 0 aromatic heterocycles. The van der Waals surface area contributed by atoms with E-state index < -0.39 is 0 Å². The SMILES string of the molecule is C=CCOc1cccc(NCC(=O)NCc2ccccc2Cl)c1. The van der Waals surface area contributed by atoms with Crippen LogP contribution in [0.1, 0.15) is 5.56 Å². The summed E-state index contributed by atoms with van der Waals surface area (Å²) in [6.07, 6.45) is 1.68. The zero-order valence-electron chi connectivity index (χ0n) is 12.7. The van der Waals surface area contributed by atoms with E-state index in [1.165, 1.54) is 0 Å². The molecule has 0 fully saturated rings. The second-order valence-corrected chi connectivity index (χ2v) is 5.26. The molecule has 0 aliphatic rings. The summed E-state index contributed by atoms with van der Waals surface area (Å²) in [6, 6.07) is 14.9. The van der Waals surface area contributed by atoms with E-state index in [9.17, 15) is 4.79 Å². The molecule has 5 heteroatoms. The van der Waals surface area contributed by atoms with Gasteiger partial charge in [0.2, 0.25) is 5.91 Å². The van der Waals surface area contributed by atoms with Crippen LogP contribution in [0.4, 0.5) is 5.69 Å². The minimum atomic E-state index is -0.109. The molecule has 2 aromatic carbocycles. The van der Waals surface area contributed by atoms with Crippen molar-refractivity contribution in [2.75, 3.05) is 18.5 Å². The van der Waals surface area contributed by atoms with Crippen LogP contribution in [0, 0.1) is 0 Å². The highest BCUT2D eigenvalue weighted by molar-refractivity contribution is 6.31. The van der Waals surface area contributed by atoms with Crippen LogP contribution in [0.15, 0.2) is 61.2 Å². The first-order valence-electron chi connectivity index (χ1n) is 7.27. The first-order valence-corrected chi connectivity index (χ1v) is 7.64. The summed E-state index contributed by atoms with van der Waals surface area (Å²) in [7, 11) is 0. The average Bonchev–Trinajstić information content (AvgIpc) is 2.58. The van der Waals surface area contributed by atoms with Crippen LogP contribution in [0.2, 0.25) is 5.02 Å². The number of amides is 1. The smallest absolute Gasteiger partial charge is 0.239 e. The minimum Gasteiger partial charge on any atom is -0.489 e. The Hall–Kier alpha value is -2.46. The Bertz CT molecular complexity index is 674. The van der Waals surface area contributed by atoms with E-state index in [-0.39, 0.29) is 12.5 Å². The van der Waals surface area contributed by atoms with Crippen molar-refractivity contribution in [2.24, 2.45) is 0 Å². The summed E-state index contributed by atoms with van der Waals surface area (Å²) < 4.78 is 5.45. The lowest BCUT2D eigenvalue weighted by Crippen LogP contribution is -2.29. The number of halogens is 1. The third-order valence-corrected chi connectivity index (χ3v) is 3.46. The van der Waals surface area contributed by atoms with Gasteiger partial charge >= 0.3 is 0 Å². The van der Waals surface area contributed by atoms with Crippen LogP contribution < -0.4 is 15.4 Å². The topological polar surface area (TPSA) is 50.4 Å². The van der Waals surface area contributed by atoms with Crippen LogP contribution in [0.5, 0.6) is 5.75 Å². The summed E-state index contributed by atoms with van der Waals surface area (Å²) in [6.45, 7) is 4.63. The highest BCUT2D eigenvalue weighted by Crippen LogP contribution is 2.17. The molecule has 0 aliphatic heterocycles. The molecule has 0 aliphatic carbocycles. The zero-order valence-corrected chi connectivity index (χ0v) is 13.5. The van der Waals surface area contributed by atoms with Gasteiger partial charge in [0, 0.05) is 23.3 Å². The fourth-order valence-corrected chi connectivity index (χ4v) is 2.13. The number of hydrogen-bond acceptors (Lipinski definition) is 3. The van der Waals surface area contributed by atoms with Crippen molar-refractivity contribution in [3.05, 3.63) is 71.8 Å². The summed E-state index contributed by atoms with van der Waals surface area (Å²) in [5, 5.41) is 6.54. The van der Waals surface area contributed by atoms with Crippen LogP contribution in [0.3, 0.4) is 0 Å². The molecule has 23 heavy (non-hydrogen) atoms. The number of hydrogen-bond donors (Lipinski definition) is 2. The van der Waals surface area contributed by atoms with Crippen LogP contribution in [0.25, 0.3) is 0 Å². The van der Waals surface area contributed by atoms with Gasteiger partial charge in [-0.2, -0.15) is 0 Å². The number of carbonyl (C=O) groups is 1. The molecule has 0 atom stereocenters. The number of nitrogens with one attached hydrogen (secondary N) is 2. The van der Waals surface area contributed by atoms with E-state index in [1.807, 2.05) is 42.5 Å². The Balaban J connectivity index is 1.80. The molecule has 0 saturated carbocycles. The van der Waals surface area contributed by atoms with Gasteiger partial charge < -0.3 is 15.4 Å². The third kappa shape index (κ3) is 5.68. The second kappa shape index (κ2) is 8.86. The van der Waals surface area contributed by atoms with Gasteiger partial charge in [0.15, 0.2) is 0 Å². The van der Waals surface area contributed by atoms with Gasteiger partial charge in [-0.15, -0.1) is 0 Å². The maximum Gasteiger partial charge on any atom is 0.239 e. The van der Waals surface area contributed by atoms with Crippen molar-refractivity contribution in [1.29, 1.82) is 0 Å². The molecule has 2 rings (SSSR count). The van der Waals surface area contributed by atoms with Gasteiger partial charge in [-0.3, -0.25) is 4.79 Å². The van der Waals surface area contributed by atoms with Crippen LogP contribution >= 0.6 is 11.6 Å². The standard InChI is InChI=1S/C18H19ClN2O2/c1-2-10-23-16-8-5-7-15(11-16)20-13-18(22)21-12-14-6-3-4-9-17(14)19/h2-9,11,20H,1,10,12-13H2,(H,21,22). The fraction of sp³-hybridized carbons (Fsp3) is 0.167.